The predicted octanol–water partition coefficient (Wildman–Crippen LogP) is 2.34. The Balaban J connectivity index is 1.73. The zero-order valence-corrected chi connectivity index (χ0v) is 20.4. The number of anilines is 1. The van der Waals surface area contributed by atoms with Gasteiger partial charge in [0.25, 0.3) is 15.8 Å². The largest absolute Gasteiger partial charge is 0.492 e. The molecular weight excluding hydrogens is 470 g/mol. The molecule has 180 valence electrons. The van der Waals surface area contributed by atoms with E-state index in [0.29, 0.717) is 28.6 Å². The SMILES string of the molecule is COc1cc(NS(=O)(=O)c2ccc(-[n+]3c(C)cc(=O)n(-c4ccccc4OC)c3C)cc2)ncn1. The normalized spacial score (nSPS) is 11.2. The second-order valence-corrected chi connectivity index (χ2v) is 9.24. The Labute approximate surface area is 202 Å². The van der Waals surface area contributed by atoms with Crippen LogP contribution in [0.3, 0.4) is 0 Å². The Morgan fingerprint density at radius 3 is 2.34 bits per heavy atom. The van der Waals surface area contributed by atoms with Crippen molar-refractivity contribution in [3.05, 3.63) is 88.9 Å². The second kappa shape index (κ2) is 9.55. The van der Waals surface area contributed by atoms with Gasteiger partial charge in [0.15, 0.2) is 11.4 Å². The molecule has 0 bridgehead atoms. The molecule has 0 aliphatic rings. The Bertz CT molecular complexity index is 1550. The zero-order chi connectivity index (χ0) is 25.2. The highest BCUT2D eigenvalue weighted by molar-refractivity contribution is 7.92. The van der Waals surface area contributed by atoms with Gasteiger partial charge in [0.1, 0.15) is 23.5 Å². The molecule has 0 fully saturated rings. The summed E-state index contributed by atoms with van der Waals surface area (Å²) in [4.78, 5) is 20.7. The summed E-state index contributed by atoms with van der Waals surface area (Å²) in [6.07, 6.45) is 1.21. The van der Waals surface area contributed by atoms with Gasteiger partial charge in [0.2, 0.25) is 5.88 Å². The van der Waals surface area contributed by atoms with Crippen LogP contribution in [0, 0.1) is 13.8 Å². The predicted molar refractivity (Wildman–Crippen MR) is 129 cm³/mol. The van der Waals surface area contributed by atoms with Crippen LogP contribution in [0.2, 0.25) is 0 Å². The van der Waals surface area contributed by atoms with Crippen LogP contribution in [0.25, 0.3) is 11.4 Å². The first-order valence-corrected chi connectivity index (χ1v) is 12.0. The molecule has 0 radical (unpaired) electrons. The molecule has 2 aromatic carbocycles. The van der Waals surface area contributed by atoms with Crippen LogP contribution in [-0.2, 0) is 10.0 Å². The molecule has 4 rings (SSSR count). The lowest BCUT2D eigenvalue weighted by molar-refractivity contribution is -0.614. The quantitative estimate of drug-likeness (QED) is 0.392. The van der Waals surface area contributed by atoms with Crippen molar-refractivity contribution in [1.29, 1.82) is 0 Å². The molecule has 10 nitrogen and oxygen atoms in total. The van der Waals surface area contributed by atoms with Gasteiger partial charge in [-0.1, -0.05) is 12.1 Å². The topological polar surface area (TPSA) is 116 Å². The van der Waals surface area contributed by atoms with Crippen molar-refractivity contribution in [2.24, 2.45) is 0 Å². The van der Waals surface area contributed by atoms with Crippen molar-refractivity contribution >= 4 is 15.8 Å². The van der Waals surface area contributed by atoms with Crippen molar-refractivity contribution in [3.8, 4) is 23.0 Å². The highest BCUT2D eigenvalue weighted by Crippen LogP contribution is 2.22. The van der Waals surface area contributed by atoms with Crippen LogP contribution in [0.5, 0.6) is 11.6 Å². The maximum atomic E-state index is 12.9. The lowest BCUT2D eigenvalue weighted by Gasteiger charge is -2.13. The highest BCUT2D eigenvalue weighted by Gasteiger charge is 2.23. The maximum absolute atomic E-state index is 12.9. The van der Waals surface area contributed by atoms with Gasteiger partial charge in [-0.15, -0.1) is 0 Å². The van der Waals surface area contributed by atoms with Gasteiger partial charge < -0.3 is 9.47 Å². The van der Waals surface area contributed by atoms with E-state index < -0.39 is 10.0 Å². The van der Waals surface area contributed by atoms with Crippen LogP contribution in [0.15, 0.2) is 76.7 Å². The molecule has 4 aromatic rings. The third-order valence-corrected chi connectivity index (χ3v) is 6.74. The fourth-order valence-electron chi connectivity index (χ4n) is 3.80. The fourth-order valence-corrected chi connectivity index (χ4v) is 4.80. The number of nitrogens with zero attached hydrogens (tertiary/aromatic N) is 4. The molecule has 0 unspecified atom stereocenters. The highest BCUT2D eigenvalue weighted by atomic mass is 32.2. The first-order valence-electron chi connectivity index (χ1n) is 10.5. The minimum absolute atomic E-state index is 0.0489. The molecule has 35 heavy (non-hydrogen) atoms. The van der Waals surface area contributed by atoms with Crippen LogP contribution >= 0.6 is 0 Å². The average molecular weight is 495 g/mol. The molecule has 0 aliphatic heterocycles. The average Bonchev–Trinajstić information content (AvgIpc) is 2.84. The van der Waals surface area contributed by atoms with Gasteiger partial charge >= 0.3 is 5.56 Å². The summed E-state index contributed by atoms with van der Waals surface area (Å²) < 4.78 is 42.0. The number of methoxy groups -OCH3 is 2. The van der Waals surface area contributed by atoms with Gasteiger partial charge in [-0.05, 0) is 43.3 Å². The van der Waals surface area contributed by atoms with Crippen LogP contribution < -0.4 is 24.3 Å². The number of nitrogens with one attached hydrogen (secondary N) is 1. The van der Waals surface area contributed by atoms with Gasteiger partial charge in [0, 0.05) is 13.0 Å². The monoisotopic (exact) mass is 494 g/mol. The third kappa shape index (κ3) is 4.71. The van der Waals surface area contributed by atoms with E-state index in [1.54, 1.807) is 35.9 Å². The molecule has 0 aliphatic carbocycles. The Kier molecular flexibility index (Phi) is 6.52. The summed E-state index contributed by atoms with van der Waals surface area (Å²) in [5.41, 5.74) is 1.78. The molecule has 0 amide bonds. The van der Waals surface area contributed by atoms with Gasteiger partial charge in [-0.3, -0.25) is 4.72 Å². The molecule has 0 spiro atoms. The van der Waals surface area contributed by atoms with Crippen LogP contribution in [0.4, 0.5) is 5.82 Å². The molecule has 0 saturated carbocycles. The number of rotatable bonds is 7. The van der Waals surface area contributed by atoms with Crippen molar-refractivity contribution in [2.45, 2.75) is 18.7 Å². The molecule has 0 atom stereocenters. The minimum Gasteiger partial charge on any atom is -0.492 e. The van der Waals surface area contributed by atoms with E-state index in [-0.39, 0.29) is 22.2 Å². The van der Waals surface area contributed by atoms with E-state index in [2.05, 4.69) is 14.7 Å². The summed E-state index contributed by atoms with van der Waals surface area (Å²) in [7, 11) is -0.925. The first-order chi connectivity index (χ1) is 16.7. The van der Waals surface area contributed by atoms with E-state index in [0.717, 1.165) is 0 Å². The van der Waals surface area contributed by atoms with E-state index in [1.165, 1.54) is 37.7 Å². The molecule has 1 N–H and O–H groups in total. The Hall–Kier alpha value is -4.25. The van der Waals surface area contributed by atoms with Gasteiger partial charge in [0.05, 0.1) is 25.2 Å². The number of aromatic nitrogens is 4. The number of para-hydroxylation sites is 2. The fraction of sp³-hybridized carbons (Fsp3) is 0.167. The Morgan fingerprint density at radius 1 is 0.943 bits per heavy atom. The van der Waals surface area contributed by atoms with E-state index >= 15 is 0 Å². The number of sulfonamides is 1. The number of hydrogen-bond acceptors (Lipinski definition) is 7. The summed E-state index contributed by atoms with van der Waals surface area (Å²) in [6.45, 7) is 3.63. The van der Waals surface area contributed by atoms with Crippen molar-refractivity contribution in [3.63, 3.8) is 0 Å². The summed E-state index contributed by atoms with van der Waals surface area (Å²) in [6, 6.07) is 16.5. The van der Waals surface area contributed by atoms with Crippen molar-refractivity contribution < 1.29 is 22.5 Å². The summed E-state index contributed by atoms with van der Waals surface area (Å²) in [5.74, 6) is 1.51. The molecule has 0 saturated heterocycles. The van der Waals surface area contributed by atoms with Crippen molar-refractivity contribution in [1.82, 2.24) is 14.5 Å². The van der Waals surface area contributed by atoms with E-state index in [1.807, 2.05) is 30.5 Å². The summed E-state index contributed by atoms with van der Waals surface area (Å²) >= 11 is 0. The van der Waals surface area contributed by atoms with Crippen LogP contribution in [-0.4, -0.2) is 37.2 Å². The lowest BCUT2D eigenvalue weighted by Crippen LogP contribution is -2.44. The third-order valence-electron chi connectivity index (χ3n) is 5.37. The number of aryl methyl sites for hydroxylation is 1. The first kappa shape index (κ1) is 23.9. The summed E-state index contributed by atoms with van der Waals surface area (Å²) in [5, 5.41) is 0. The number of hydrogen-bond donors (Lipinski definition) is 1. The molecule has 2 heterocycles. The zero-order valence-electron chi connectivity index (χ0n) is 19.6. The second-order valence-electron chi connectivity index (χ2n) is 7.56. The van der Waals surface area contributed by atoms with E-state index in [4.69, 9.17) is 9.47 Å². The smallest absolute Gasteiger partial charge is 0.342 e. The Morgan fingerprint density at radius 2 is 1.66 bits per heavy atom. The minimum atomic E-state index is -3.90. The van der Waals surface area contributed by atoms with E-state index in [9.17, 15) is 13.2 Å². The van der Waals surface area contributed by atoms with Crippen molar-refractivity contribution in [2.75, 3.05) is 18.9 Å². The molecule has 11 heteroatoms. The standard InChI is InChI=1S/C24H24N5O5S/c1-16-13-24(30)29(20-7-5-6-8-21(20)33-3)17(2)28(16)18-9-11-19(12-10-18)35(31,32)27-22-14-23(34-4)26-15-25-22/h5-15H,1-4H3,(H,25,26,27)/q+1. The van der Waals surface area contributed by atoms with Gasteiger partial charge in [-0.25, -0.2) is 27.7 Å². The van der Waals surface area contributed by atoms with Crippen LogP contribution in [0.1, 0.15) is 11.5 Å². The molecule has 2 aromatic heterocycles. The number of benzene rings is 2. The lowest BCUT2D eigenvalue weighted by atomic mass is 10.2. The number of ether oxygens (including phenoxy) is 2. The van der Waals surface area contributed by atoms with Gasteiger partial charge in [-0.2, -0.15) is 4.57 Å². The molecular formula is C24H24N5O5S+. The maximum Gasteiger partial charge on any atom is 0.342 e.